The highest BCUT2D eigenvalue weighted by atomic mass is 35.5. The summed E-state index contributed by atoms with van der Waals surface area (Å²) < 4.78 is 6.30. The minimum absolute atomic E-state index is 0.0296. The Hall–Kier alpha value is -2.51. The number of ether oxygens (including phenoxy) is 1. The van der Waals surface area contributed by atoms with Crippen molar-refractivity contribution in [2.24, 2.45) is 10.8 Å². The molecule has 2 aromatic rings. The Morgan fingerprint density at radius 1 is 1.11 bits per heavy atom. The van der Waals surface area contributed by atoms with Crippen LogP contribution in [0.15, 0.2) is 42.5 Å². The van der Waals surface area contributed by atoms with E-state index in [0.29, 0.717) is 21.9 Å². The number of ketones is 1. The average molecular weight is 397 g/mol. The van der Waals surface area contributed by atoms with E-state index in [-0.39, 0.29) is 28.8 Å². The molecule has 0 atom stereocenters. The summed E-state index contributed by atoms with van der Waals surface area (Å²) in [5.41, 5.74) is 1.86. The molecule has 0 heterocycles. The topological polar surface area (TPSA) is 62.1 Å². The molecule has 1 N–H and O–H groups in total. The molecule has 0 aliphatic heterocycles. The first-order valence-electron chi connectivity index (χ1n) is 9.31. The Morgan fingerprint density at radius 3 is 2.21 bits per heavy atom. The van der Waals surface area contributed by atoms with E-state index in [1.54, 1.807) is 25.1 Å². The van der Waals surface area contributed by atoms with Crippen molar-refractivity contribution in [3.63, 3.8) is 0 Å². The van der Waals surface area contributed by atoms with Gasteiger partial charge in [-0.15, -0.1) is 0 Å². The van der Waals surface area contributed by atoms with E-state index in [2.05, 4.69) is 39.1 Å². The zero-order valence-corrected chi connectivity index (χ0v) is 17.6. The van der Waals surface area contributed by atoms with Crippen LogP contribution in [0.1, 0.15) is 50.5 Å². The Bertz CT molecular complexity index is 926. The van der Waals surface area contributed by atoms with Gasteiger partial charge in [0.25, 0.3) is 0 Å². The lowest BCUT2D eigenvalue weighted by Gasteiger charge is -2.63. The smallest absolute Gasteiger partial charge is 0.159 e. The third-order valence-electron chi connectivity index (χ3n) is 5.76. The molecule has 0 aromatic heterocycles. The lowest BCUT2D eigenvalue weighted by molar-refractivity contribution is -0.147. The van der Waals surface area contributed by atoms with Crippen molar-refractivity contribution < 1.29 is 9.53 Å². The number of carbonyl (C=O) groups excluding carboxylic acids is 1. The molecule has 1 saturated carbocycles. The number of nitrogens with one attached hydrogen (secondary N) is 1. The standard InChI is InChI=1S/C23H25ClN2O2/c1-14(27)15-6-9-17(10-7-15)26-20-22(2,3)21(23(20,4)5)28-18-11-8-16(13-25)19(24)12-18/h6-12,20-21,26H,1-5H3. The summed E-state index contributed by atoms with van der Waals surface area (Å²) in [6, 6.07) is 15.0. The molecule has 28 heavy (non-hydrogen) atoms. The fraction of sp³-hybridized carbons (Fsp3) is 0.391. The van der Waals surface area contributed by atoms with E-state index in [0.717, 1.165) is 5.69 Å². The van der Waals surface area contributed by atoms with Gasteiger partial charge in [-0.05, 0) is 43.3 Å². The number of halogens is 1. The van der Waals surface area contributed by atoms with Crippen LogP contribution in [0, 0.1) is 22.2 Å². The van der Waals surface area contributed by atoms with Crippen LogP contribution in [-0.4, -0.2) is 17.9 Å². The molecule has 5 heteroatoms. The summed E-state index contributed by atoms with van der Waals surface area (Å²) in [6.45, 7) is 10.3. The second-order valence-electron chi connectivity index (χ2n) is 8.60. The lowest BCUT2D eigenvalue weighted by Crippen LogP contribution is -2.72. The van der Waals surface area contributed by atoms with Crippen molar-refractivity contribution in [2.45, 2.75) is 46.8 Å². The van der Waals surface area contributed by atoms with Crippen molar-refractivity contribution in [1.82, 2.24) is 0 Å². The molecule has 0 saturated heterocycles. The molecule has 0 unspecified atom stereocenters. The van der Waals surface area contributed by atoms with Crippen LogP contribution in [0.3, 0.4) is 0 Å². The quantitative estimate of drug-likeness (QED) is 0.657. The highest BCUT2D eigenvalue weighted by Crippen LogP contribution is 2.56. The molecule has 3 rings (SSSR count). The minimum Gasteiger partial charge on any atom is -0.489 e. The number of Topliss-reactive ketones (excluding diaryl/α,β-unsaturated/α-hetero) is 1. The SMILES string of the molecule is CC(=O)c1ccc(NC2C(C)(C)C(Oc3ccc(C#N)c(Cl)c3)C2(C)C)cc1. The summed E-state index contributed by atoms with van der Waals surface area (Å²) in [5, 5.41) is 13.0. The number of carbonyl (C=O) groups is 1. The normalized spacial score (nSPS) is 21.9. The van der Waals surface area contributed by atoms with E-state index >= 15 is 0 Å². The van der Waals surface area contributed by atoms with Crippen LogP contribution in [-0.2, 0) is 0 Å². The van der Waals surface area contributed by atoms with Crippen LogP contribution < -0.4 is 10.1 Å². The number of hydrogen-bond donors (Lipinski definition) is 1. The van der Waals surface area contributed by atoms with Gasteiger partial charge in [-0.25, -0.2) is 0 Å². The van der Waals surface area contributed by atoms with Crippen LogP contribution in [0.25, 0.3) is 0 Å². The molecule has 0 bridgehead atoms. The van der Waals surface area contributed by atoms with Crippen molar-refractivity contribution in [2.75, 3.05) is 5.32 Å². The van der Waals surface area contributed by atoms with Gasteiger partial charge in [0.1, 0.15) is 17.9 Å². The molecule has 0 amide bonds. The number of nitriles is 1. The Balaban J connectivity index is 1.77. The first-order chi connectivity index (χ1) is 13.1. The molecule has 2 aromatic carbocycles. The van der Waals surface area contributed by atoms with Crippen molar-refractivity contribution in [3.8, 4) is 11.8 Å². The number of rotatable bonds is 5. The number of anilines is 1. The summed E-state index contributed by atoms with van der Waals surface area (Å²) in [5.74, 6) is 0.727. The van der Waals surface area contributed by atoms with Gasteiger partial charge in [-0.3, -0.25) is 4.79 Å². The van der Waals surface area contributed by atoms with Crippen molar-refractivity contribution >= 4 is 23.1 Å². The summed E-state index contributed by atoms with van der Waals surface area (Å²) in [4.78, 5) is 11.5. The van der Waals surface area contributed by atoms with Gasteiger partial charge < -0.3 is 10.1 Å². The summed E-state index contributed by atoms with van der Waals surface area (Å²) in [6.07, 6.45) is -0.0296. The van der Waals surface area contributed by atoms with Gasteiger partial charge in [-0.2, -0.15) is 5.26 Å². The van der Waals surface area contributed by atoms with E-state index in [9.17, 15) is 4.79 Å². The largest absolute Gasteiger partial charge is 0.489 e. The molecule has 4 nitrogen and oxygen atoms in total. The summed E-state index contributed by atoms with van der Waals surface area (Å²) in [7, 11) is 0. The molecule has 146 valence electrons. The zero-order chi connectivity index (χ0) is 20.7. The second kappa shape index (κ2) is 7.14. The van der Waals surface area contributed by atoms with Gasteiger partial charge in [0.2, 0.25) is 0 Å². The Labute approximate surface area is 171 Å². The second-order valence-corrected chi connectivity index (χ2v) is 9.01. The fourth-order valence-electron chi connectivity index (χ4n) is 4.56. The van der Waals surface area contributed by atoms with E-state index < -0.39 is 0 Å². The first kappa shape index (κ1) is 20.2. The molecule has 0 radical (unpaired) electrons. The average Bonchev–Trinajstić information content (AvgIpc) is 2.64. The van der Waals surface area contributed by atoms with Gasteiger partial charge in [0, 0.05) is 34.2 Å². The van der Waals surface area contributed by atoms with Gasteiger partial charge in [0.15, 0.2) is 5.78 Å². The Morgan fingerprint density at radius 2 is 1.71 bits per heavy atom. The number of hydrogen-bond acceptors (Lipinski definition) is 4. The predicted molar refractivity (Wildman–Crippen MR) is 112 cm³/mol. The molecule has 1 fully saturated rings. The van der Waals surface area contributed by atoms with Gasteiger partial charge >= 0.3 is 0 Å². The minimum atomic E-state index is -0.136. The van der Waals surface area contributed by atoms with E-state index in [4.69, 9.17) is 21.6 Å². The molecular formula is C23H25ClN2O2. The number of nitrogens with zero attached hydrogens (tertiary/aromatic N) is 1. The maximum atomic E-state index is 11.5. The van der Waals surface area contributed by atoms with E-state index in [1.165, 1.54) is 0 Å². The van der Waals surface area contributed by atoms with E-state index in [1.807, 2.05) is 24.3 Å². The van der Waals surface area contributed by atoms with Crippen molar-refractivity contribution in [1.29, 1.82) is 5.26 Å². The molecule has 1 aliphatic rings. The number of benzene rings is 2. The van der Waals surface area contributed by atoms with Crippen LogP contribution in [0.5, 0.6) is 5.75 Å². The van der Waals surface area contributed by atoms with Crippen molar-refractivity contribution in [3.05, 3.63) is 58.6 Å². The maximum absolute atomic E-state index is 11.5. The Kier molecular flexibility index (Phi) is 5.16. The van der Waals surface area contributed by atoms with Crippen LogP contribution in [0.2, 0.25) is 5.02 Å². The molecular weight excluding hydrogens is 372 g/mol. The van der Waals surface area contributed by atoms with Crippen LogP contribution in [0.4, 0.5) is 5.69 Å². The molecule has 1 aliphatic carbocycles. The van der Waals surface area contributed by atoms with Crippen LogP contribution >= 0.6 is 11.6 Å². The first-order valence-corrected chi connectivity index (χ1v) is 9.69. The third kappa shape index (κ3) is 3.47. The van der Waals surface area contributed by atoms with Gasteiger partial charge in [0.05, 0.1) is 10.6 Å². The predicted octanol–water partition coefficient (Wildman–Crippen LogP) is 5.71. The fourth-order valence-corrected chi connectivity index (χ4v) is 4.78. The van der Waals surface area contributed by atoms with Gasteiger partial charge in [-0.1, -0.05) is 39.3 Å². The third-order valence-corrected chi connectivity index (χ3v) is 6.07. The highest BCUT2D eigenvalue weighted by Gasteiger charge is 2.63. The summed E-state index contributed by atoms with van der Waals surface area (Å²) >= 11 is 6.15. The zero-order valence-electron chi connectivity index (χ0n) is 16.8. The maximum Gasteiger partial charge on any atom is 0.159 e. The lowest BCUT2D eigenvalue weighted by atomic mass is 9.49. The monoisotopic (exact) mass is 396 g/mol. The molecule has 0 spiro atoms. The highest BCUT2D eigenvalue weighted by molar-refractivity contribution is 6.31.